The summed E-state index contributed by atoms with van der Waals surface area (Å²) < 4.78 is 9.97. The van der Waals surface area contributed by atoms with Crippen molar-refractivity contribution in [2.24, 2.45) is 10.9 Å². The lowest BCUT2D eigenvalue weighted by molar-refractivity contribution is 0.171. The van der Waals surface area contributed by atoms with Crippen molar-refractivity contribution in [3.8, 4) is 5.75 Å². The van der Waals surface area contributed by atoms with Gasteiger partial charge in [0.05, 0.1) is 11.4 Å². The maximum Gasteiger partial charge on any atom is 0.139 e. The first kappa shape index (κ1) is 39.2. The number of hydrogen-bond donors (Lipinski definition) is 0. The van der Waals surface area contributed by atoms with Crippen LogP contribution in [0.15, 0.2) is 90.2 Å². The highest BCUT2D eigenvalue weighted by Crippen LogP contribution is 2.43. The average molecular weight is 675 g/mol. The van der Waals surface area contributed by atoms with E-state index >= 15 is 0 Å². The molecule has 3 heteroatoms. The van der Waals surface area contributed by atoms with E-state index in [1.165, 1.54) is 33.4 Å². The average Bonchev–Trinajstić information content (AvgIpc) is 3.57. The van der Waals surface area contributed by atoms with Crippen LogP contribution in [0.25, 0.3) is 0 Å². The zero-order chi connectivity index (χ0) is 36.7. The molecule has 0 aliphatic rings. The van der Waals surface area contributed by atoms with Gasteiger partial charge < -0.3 is 9.30 Å². The Bertz CT molecular complexity index is 1620. The molecule has 3 aromatic carbocycles. The van der Waals surface area contributed by atoms with Crippen LogP contribution in [0.1, 0.15) is 135 Å². The summed E-state index contributed by atoms with van der Waals surface area (Å²) in [4.78, 5) is 5.80. The smallest absolute Gasteiger partial charge is 0.139 e. The fourth-order valence-corrected chi connectivity index (χ4v) is 7.47. The number of aliphatic imine (C=N–C) groups is 1. The molecule has 4 rings (SSSR count). The van der Waals surface area contributed by atoms with Crippen LogP contribution in [0.4, 0.5) is 5.69 Å². The quantitative estimate of drug-likeness (QED) is 0.115. The first-order valence-electron chi connectivity index (χ1n) is 19.2. The van der Waals surface area contributed by atoms with Crippen molar-refractivity contribution >= 4 is 11.4 Å². The maximum atomic E-state index is 7.69. The molecular weight excluding hydrogens is 609 g/mol. The second-order valence-electron chi connectivity index (χ2n) is 17.4. The molecule has 0 fully saturated rings. The molecule has 0 radical (unpaired) electrons. The second kappa shape index (κ2) is 16.6. The Kier molecular flexibility index (Phi) is 13.0. The van der Waals surface area contributed by atoms with Crippen LogP contribution < -0.4 is 4.74 Å². The fraction of sp³-hybridized carbons (Fsp3) is 0.511. The molecule has 0 saturated heterocycles. The zero-order valence-electron chi connectivity index (χ0n) is 33.5. The van der Waals surface area contributed by atoms with E-state index in [0.717, 1.165) is 62.2 Å². The Morgan fingerprint density at radius 1 is 0.740 bits per heavy atom. The molecule has 0 saturated carbocycles. The predicted molar refractivity (Wildman–Crippen MR) is 217 cm³/mol. The van der Waals surface area contributed by atoms with Crippen LogP contribution in [-0.4, -0.2) is 16.4 Å². The van der Waals surface area contributed by atoms with Crippen molar-refractivity contribution in [2.45, 2.75) is 151 Å². The van der Waals surface area contributed by atoms with Gasteiger partial charge in [0.2, 0.25) is 0 Å². The van der Waals surface area contributed by atoms with Crippen molar-refractivity contribution in [1.82, 2.24) is 4.57 Å². The first-order chi connectivity index (χ1) is 23.5. The van der Waals surface area contributed by atoms with Gasteiger partial charge in [-0.2, -0.15) is 0 Å². The van der Waals surface area contributed by atoms with E-state index in [4.69, 9.17) is 9.73 Å². The van der Waals surface area contributed by atoms with Crippen LogP contribution in [0.3, 0.4) is 0 Å². The molecular formula is C47H66N2O. The van der Waals surface area contributed by atoms with E-state index in [2.05, 4.69) is 173 Å². The van der Waals surface area contributed by atoms with Crippen molar-refractivity contribution in [2.75, 3.05) is 0 Å². The van der Waals surface area contributed by atoms with Gasteiger partial charge in [-0.15, -0.1) is 0 Å². The minimum absolute atomic E-state index is 0.0473. The SMILES string of the molecule is CCCc1cccc(CCC)c1/N=C(/CCn1cccc1)[C@H](Oc1c(C(C)(C)C)cc(C)cc1C(C)(C)C)C(C)CC(C)(C)c1ccccc1. The molecule has 2 atom stereocenters. The Balaban J connectivity index is 2.00. The summed E-state index contributed by atoms with van der Waals surface area (Å²) in [5.41, 5.74) is 9.92. The normalized spacial score (nSPS) is 14.1. The summed E-state index contributed by atoms with van der Waals surface area (Å²) in [7, 11) is 0. The lowest BCUT2D eigenvalue weighted by atomic mass is 9.75. The van der Waals surface area contributed by atoms with Crippen molar-refractivity contribution < 1.29 is 4.74 Å². The number of ether oxygens (including phenoxy) is 1. The molecule has 0 bridgehead atoms. The van der Waals surface area contributed by atoms with E-state index in [1.54, 1.807) is 0 Å². The van der Waals surface area contributed by atoms with Gasteiger partial charge in [-0.3, -0.25) is 4.99 Å². The van der Waals surface area contributed by atoms with E-state index < -0.39 is 0 Å². The molecule has 270 valence electrons. The summed E-state index contributed by atoms with van der Waals surface area (Å²) in [5.74, 6) is 1.22. The van der Waals surface area contributed by atoms with Crippen LogP contribution in [0.5, 0.6) is 5.75 Å². The van der Waals surface area contributed by atoms with Gasteiger partial charge in [-0.25, -0.2) is 0 Å². The number of rotatable bonds is 15. The highest BCUT2D eigenvalue weighted by atomic mass is 16.5. The van der Waals surface area contributed by atoms with E-state index in [0.29, 0.717) is 0 Å². The highest BCUT2D eigenvalue weighted by molar-refractivity contribution is 5.92. The Morgan fingerprint density at radius 2 is 1.28 bits per heavy atom. The van der Waals surface area contributed by atoms with Crippen molar-refractivity contribution in [3.63, 3.8) is 0 Å². The second-order valence-corrected chi connectivity index (χ2v) is 17.4. The third kappa shape index (κ3) is 10.0. The molecule has 50 heavy (non-hydrogen) atoms. The largest absolute Gasteiger partial charge is 0.484 e. The first-order valence-corrected chi connectivity index (χ1v) is 19.2. The Morgan fingerprint density at radius 3 is 1.78 bits per heavy atom. The zero-order valence-corrected chi connectivity index (χ0v) is 33.5. The minimum Gasteiger partial charge on any atom is -0.484 e. The Labute approximate surface area is 305 Å². The molecule has 1 aromatic heterocycles. The molecule has 0 aliphatic carbocycles. The molecule has 1 unspecified atom stereocenters. The molecule has 1 heterocycles. The summed E-state index contributed by atoms with van der Waals surface area (Å²) in [6, 6.07) is 26.7. The van der Waals surface area contributed by atoms with Gasteiger partial charge in [0, 0.05) is 36.5 Å². The van der Waals surface area contributed by atoms with Crippen molar-refractivity contribution in [1.29, 1.82) is 0 Å². The van der Waals surface area contributed by atoms with Gasteiger partial charge in [-0.05, 0) is 77.2 Å². The van der Waals surface area contributed by atoms with Crippen LogP contribution in [-0.2, 0) is 35.6 Å². The molecule has 4 aromatic rings. The summed E-state index contributed by atoms with van der Waals surface area (Å²) >= 11 is 0. The number of para-hydroxylation sites is 1. The summed E-state index contributed by atoms with van der Waals surface area (Å²) in [6.45, 7) is 28.7. The number of hydrogen-bond acceptors (Lipinski definition) is 2. The maximum absolute atomic E-state index is 7.69. The van der Waals surface area contributed by atoms with Crippen LogP contribution in [0, 0.1) is 12.8 Å². The third-order valence-corrected chi connectivity index (χ3v) is 10.1. The van der Waals surface area contributed by atoms with Crippen molar-refractivity contribution in [3.05, 3.63) is 119 Å². The number of aryl methyl sites for hydroxylation is 4. The van der Waals surface area contributed by atoms with Gasteiger partial charge in [0.1, 0.15) is 11.9 Å². The number of aromatic nitrogens is 1. The van der Waals surface area contributed by atoms with Gasteiger partial charge in [0.25, 0.3) is 0 Å². The monoisotopic (exact) mass is 675 g/mol. The minimum atomic E-state index is -0.220. The molecule has 0 aliphatic heterocycles. The molecule has 3 nitrogen and oxygen atoms in total. The van der Waals surface area contributed by atoms with Gasteiger partial charge in [0.15, 0.2) is 0 Å². The molecule has 0 N–H and O–H groups in total. The summed E-state index contributed by atoms with van der Waals surface area (Å²) in [5, 5.41) is 0. The lowest BCUT2D eigenvalue weighted by Gasteiger charge is -2.37. The molecule has 0 amide bonds. The topological polar surface area (TPSA) is 26.5 Å². The number of nitrogens with zero attached hydrogens (tertiary/aromatic N) is 2. The molecule has 0 spiro atoms. The number of benzene rings is 3. The fourth-order valence-electron chi connectivity index (χ4n) is 7.47. The lowest BCUT2D eigenvalue weighted by Crippen LogP contribution is -2.39. The van der Waals surface area contributed by atoms with E-state index in [-0.39, 0.29) is 28.3 Å². The van der Waals surface area contributed by atoms with E-state index in [1.807, 2.05) is 0 Å². The third-order valence-electron chi connectivity index (χ3n) is 10.1. The van der Waals surface area contributed by atoms with E-state index in [9.17, 15) is 0 Å². The standard InChI is InChI=1S/C47H66N2O/c1-13-21-36-23-20-24-37(22-14-2)42(36)48-41(27-30-49-28-18-19-29-49)43(35(4)33-47(11,12)38-25-16-15-17-26-38)50-44-39(45(5,6)7)31-34(3)32-40(44)46(8,9)10/h15-20,23-26,28-29,31-32,35,43H,13-14,21-22,27,30,33H2,1-12H3/b48-41-/t35?,43-/m1/s1. The predicted octanol–water partition coefficient (Wildman–Crippen LogP) is 12.9. The van der Waals surface area contributed by atoms with Crippen LogP contribution >= 0.6 is 0 Å². The Hall–Kier alpha value is -3.59. The van der Waals surface area contributed by atoms with Crippen LogP contribution in [0.2, 0.25) is 0 Å². The summed E-state index contributed by atoms with van der Waals surface area (Å²) in [6.07, 6.45) is 10.1. The van der Waals surface area contributed by atoms with Gasteiger partial charge in [-0.1, -0.05) is 155 Å². The highest BCUT2D eigenvalue weighted by Gasteiger charge is 2.35. The van der Waals surface area contributed by atoms with Gasteiger partial charge >= 0.3 is 0 Å².